The van der Waals surface area contributed by atoms with E-state index in [9.17, 15) is 5.26 Å². The van der Waals surface area contributed by atoms with Crippen molar-refractivity contribution < 1.29 is 4.74 Å². The summed E-state index contributed by atoms with van der Waals surface area (Å²) in [6.45, 7) is 9.61. The second-order valence-corrected chi connectivity index (χ2v) is 9.20. The fourth-order valence-electron chi connectivity index (χ4n) is 4.91. The quantitative estimate of drug-likeness (QED) is 0.270. The molecule has 0 N–H and O–H groups in total. The Hall–Kier alpha value is -4.80. The van der Waals surface area contributed by atoms with Gasteiger partial charge in [0.2, 0.25) is 0 Å². The minimum absolute atomic E-state index is 0.127. The maximum atomic E-state index is 9.53. The zero-order chi connectivity index (χ0) is 25.6. The fraction of sp³-hybridized carbons (Fsp3) is 0.152. The van der Waals surface area contributed by atoms with Gasteiger partial charge in [0.05, 0.1) is 12.6 Å². The van der Waals surface area contributed by atoms with Crippen molar-refractivity contribution in [3.63, 3.8) is 0 Å². The molecule has 0 radical (unpaired) electrons. The first-order valence-electron chi connectivity index (χ1n) is 12.5. The predicted molar refractivity (Wildman–Crippen MR) is 149 cm³/mol. The molecule has 4 heteroatoms. The summed E-state index contributed by atoms with van der Waals surface area (Å²) in [5, 5.41) is 9.53. The average Bonchev–Trinajstić information content (AvgIpc) is 2.95. The molecular weight excluding hydrogens is 454 g/mol. The fourth-order valence-corrected chi connectivity index (χ4v) is 4.91. The van der Waals surface area contributed by atoms with E-state index >= 15 is 0 Å². The van der Waals surface area contributed by atoms with Crippen molar-refractivity contribution >= 4 is 23.1 Å². The van der Waals surface area contributed by atoms with Crippen molar-refractivity contribution in [1.29, 1.82) is 5.26 Å². The molecular formula is C33H27N3O. The third kappa shape index (κ3) is 5.10. The zero-order valence-electron chi connectivity index (χ0n) is 20.8. The highest BCUT2D eigenvalue weighted by Crippen LogP contribution is 2.41. The third-order valence-corrected chi connectivity index (χ3v) is 6.74. The van der Waals surface area contributed by atoms with Crippen LogP contribution in [0.4, 0.5) is 17.1 Å². The number of nitrogens with zero attached hydrogens (tertiary/aromatic N) is 3. The Labute approximate surface area is 218 Å². The van der Waals surface area contributed by atoms with Gasteiger partial charge < -0.3 is 9.64 Å². The normalized spacial score (nSPS) is 18.2. The van der Waals surface area contributed by atoms with Gasteiger partial charge in [0.25, 0.3) is 5.70 Å². The van der Waals surface area contributed by atoms with Crippen LogP contribution in [0.5, 0.6) is 0 Å². The number of hydrogen-bond acceptors (Lipinski definition) is 3. The molecule has 1 aliphatic carbocycles. The molecule has 5 rings (SSSR count). The molecule has 0 fully saturated rings. The molecule has 1 aliphatic heterocycles. The Morgan fingerprint density at radius 2 is 1.57 bits per heavy atom. The van der Waals surface area contributed by atoms with Crippen molar-refractivity contribution in [2.45, 2.75) is 26.2 Å². The number of nitriles is 1. The maximum absolute atomic E-state index is 9.53. The Bertz CT molecular complexity index is 1430. The Kier molecular flexibility index (Phi) is 7.02. The molecule has 3 aromatic carbocycles. The summed E-state index contributed by atoms with van der Waals surface area (Å²) in [7, 11) is 0. The van der Waals surface area contributed by atoms with Gasteiger partial charge in [-0.05, 0) is 78.9 Å². The SMILES string of the molecule is [C-]#[N+]/C(C#N)=C1C=C(/C=C/c2ccc(N(c3ccccc3)c3ccccc3)cc2)OC2=C\1CCCC2C. The highest BCUT2D eigenvalue weighted by Gasteiger charge is 2.28. The number of para-hydroxylation sites is 2. The summed E-state index contributed by atoms with van der Waals surface area (Å²) >= 11 is 0. The molecule has 2 aliphatic rings. The van der Waals surface area contributed by atoms with E-state index < -0.39 is 0 Å². The molecule has 1 heterocycles. The molecule has 0 amide bonds. The highest BCUT2D eigenvalue weighted by atomic mass is 16.5. The van der Waals surface area contributed by atoms with Crippen LogP contribution >= 0.6 is 0 Å². The van der Waals surface area contributed by atoms with Gasteiger partial charge >= 0.3 is 0 Å². The second-order valence-electron chi connectivity index (χ2n) is 9.20. The van der Waals surface area contributed by atoms with Gasteiger partial charge in [-0.3, -0.25) is 0 Å². The second kappa shape index (κ2) is 10.9. The lowest BCUT2D eigenvalue weighted by molar-refractivity contribution is 0.243. The van der Waals surface area contributed by atoms with Gasteiger partial charge in [-0.15, -0.1) is 0 Å². The van der Waals surface area contributed by atoms with Gasteiger partial charge in [0.1, 0.15) is 11.5 Å². The third-order valence-electron chi connectivity index (χ3n) is 6.74. The summed E-state index contributed by atoms with van der Waals surface area (Å²) < 4.78 is 6.27. The molecule has 3 aromatic rings. The molecule has 37 heavy (non-hydrogen) atoms. The predicted octanol–water partition coefficient (Wildman–Crippen LogP) is 8.85. The lowest BCUT2D eigenvalue weighted by Crippen LogP contribution is -2.16. The minimum Gasteiger partial charge on any atom is -0.461 e. The monoisotopic (exact) mass is 481 g/mol. The number of anilines is 3. The van der Waals surface area contributed by atoms with Gasteiger partial charge in [-0.2, -0.15) is 0 Å². The van der Waals surface area contributed by atoms with Crippen LogP contribution in [-0.4, -0.2) is 0 Å². The summed E-state index contributed by atoms with van der Waals surface area (Å²) in [6.07, 6.45) is 8.69. The lowest BCUT2D eigenvalue weighted by atomic mass is 9.84. The van der Waals surface area contributed by atoms with Crippen molar-refractivity contribution in [1.82, 2.24) is 0 Å². The van der Waals surface area contributed by atoms with Crippen LogP contribution in [0.25, 0.3) is 10.9 Å². The van der Waals surface area contributed by atoms with E-state index in [1.165, 1.54) is 0 Å². The molecule has 0 bridgehead atoms. The van der Waals surface area contributed by atoms with E-state index in [0.29, 0.717) is 11.3 Å². The van der Waals surface area contributed by atoms with Crippen LogP contribution in [0.2, 0.25) is 0 Å². The summed E-state index contributed by atoms with van der Waals surface area (Å²) in [6, 6.07) is 31.1. The Morgan fingerprint density at radius 3 is 2.16 bits per heavy atom. The Balaban J connectivity index is 1.43. The van der Waals surface area contributed by atoms with Crippen molar-refractivity contribution in [3.8, 4) is 6.07 Å². The van der Waals surface area contributed by atoms with Crippen molar-refractivity contribution in [3.05, 3.63) is 142 Å². The Morgan fingerprint density at radius 1 is 0.946 bits per heavy atom. The number of benzene rings is 3. The van der Waals surface area contributed by atoms with Crippen LogP contribution in [0.3, 0.4) is 0 Å². The van der Waals surface area contributed by atoms with Gasteiger partial charge in [0.15, 0.2) is 0 Å². The van der Waals surface area contributed by atoms with Crippen molar-refractivity contribution in [2.75, 3.05) is 4.90 Å². The number of ether oxygens (including phenoxy) is 1. The molecule has 0 saturated carbocycles. The van der Waals surface area contributed by atoms with Crippen LogP contribution < -0.4 is 4.90 Å². The molecule has 180 valence electrons. The van der Waals surface area contributed by atoms with E-state index in [4.69, 9.17) is 11.3 Å². The first kappa shape index (κ1) is 23.9. The average molecular weight is 482 g/mol. The van der Waals surface area contributed by atoms with Gasteiger partial charge in [-0.1, -0.05) is 61.5 Å². The van der Waals surface area contributed by atoms with E-state index in [0.717, 1.165) is 53.2 Å². The van der Waals surface area contributed by atoms with Crippen LogP contribution in [-0.2, 0) is 4.74 Å². The van der Waals surface area contributed by atoms with Crippen molar-refractivity contribution in [2.24, 2.45) is 5.92 Å². The number of allylic oxidation sites excluding steroid dienone is 6. The first-order chi connectivity index (χ1) is 18.2. The molecule has 1 unspecified atom stereocenters. The summed E-state index contributed by atoms with van der Waals surface area (Å²) in [5.74, 6) is 1.82. The molecule has 4 nitrogen and oxygen atoms in total. The van der Waals surface area contributed by atoms with Crippen LogP contribution in [0.15, 0.2) is 125 Å². The largest absolute Gasteiger partial charge is 0.461 e. The smallest absolute Gasteiger partial charge is 0.269 e. The van der Waals surface area contributed by atoms with Gasteiger partial charge in [0, 0.05) is 28.6 Å². The molecule has 0 saturated heterocycles. The topological polar surface area (TPSA) is 40.6 Å². The summed E-state index contributed by atoms with van der Waals surface area (Å²) in [4.78, 5) is 5.71. The van der Waals surface area contributed by atoms with Crippen LogP contribution in [0.1, 0.15) is 31.7 Å². The molecule has 1 atom stereocenters. The van der Waals surface area contributed by atoms with E-state index in [1.807, 2.05) is 54.6 Å². The summed E-state index contributed by atoms with van der Waals surface area (Å²) in [5.41, 5.74) is 6.13. The lowest BCUT2D eigenvalue weighted by Gasteiger charge is -2.30. The van der Waals surface area contributed by atoms with E-state index in [2.05, 4.69) is 71.3 Å². The van der Waals surface area contributed by atoms with E-state index in [-0.39, 0.29) is 11.6 Å². The van der Waals surface area contributed by atoms with E-state index in [1.54, 1.807) is 0 Å². The standard InChI is InChI=1S/C33H27N3O/c1-24-10-9-15-30-31(32(23-34)35-2)22-29(37-33(24)30)21-18-25-16-19-28(20-17-25)36(26-11-5-3-6-12-26)27-13-7-4-8-14-27/h3-8,11-14,16-22,24H,9-10,15H2,1H3/b21-18+,32-31+. The number of rotatable bonds is 5. The molecule has 0 spiro atoms. The minimum atomic E-state index is 0.127. The molecule has 0 aromatic heterocycles. The first-order valence-corrected chi connectivity index (χ1v) is 12.5. The zero-order valence-corrected chi connectivity index (χ0v) is 20.8. The highest BCUT2D eigenvalue weighted by molar-refractivity contribution is 5.77. The van der Waals surface area contributed by atoms with Crippen LogP contribution in [0, 0.1) is 23.8 Å². The maximum Gasteiger partial charge on any atom is 0.269 e. The number of hydrogen-bond donors (Lipinski definition) is 0. The van der Waals surface area contributed by atoms with Gasteiger partial charge in [-0.25, -0.2) is 10.1 Å².